The highest BCUT2D eigenvalue weighted by molar-refractivity contribution is 6.31. The zero-order chi connectivity index (χ0) is 12.3. The Labute approximate surface area is 106 Å². The minimum atomic E-state index is 0.130. The molecule has 2 rings (SSSR count). The molecule has 0 saturated carbocycles. The van der Waals surface area contributed by atoms with Crippen LogP contribution in [-0.2, 0) is 6.42 Å². The van der Waals surface area contributed by atoms with Crippen LogP contribution in [0.4, 0.5) is 0 Å². The fourth-order valence-corrected chi connectivity index (χ4v) is 2.05. The van der Waals surface area contributed by atoms with E-state index in [2.05, 4.69) is 10.3 Å². The molecule has 0 spiro atoms. The van der Waals surface area contributed by atoms with Crippen LogP contribution in [0.2, 0.25) is 5.02 Å². The van der Waals surface area contributed by atoms with E-state index in [1.54, 1.807) is 18.7 Å². The van der Waals surface area contributed by atoms with E-state index in [0.29, 0.717) is 5.02 Å². The molecular weight excluding hydrogens is 236 g/mol. The number of pyridine rings is 1. The van der Waals surface area contributed by atoms with Gasteiger partial charge in [0.15, 0.2) is 0 Å². The summed E-state index contributed by atoms with van der Waals surface area (Å²) in [6.07, 6.45) is 5.91. The van der Waals surface area contributed by atoms with E-state index >= 15 is 0 Å². The number of aryl methyl sites for hydroxylation is 1. The maximum atomic E-state index is 6.11. The zero-order valence-electron chi connectivity index (χ0n) is 9.90. The highest BCUT2D eigenvalue weighted by atomic mass is 35.5. The molecule has 2 heterocycles. The first-order valence-corrected chi connectivity index (χ1v) is 5.90. The summed E-state index contributed by atoms with van der Waals surface area (Å²) >= 11 is 6.11. The van der Waals surface area contributed by atoms with Gasteiger partial charge in [-0.3, -0.25) is 4.98 Å². The summed E-state index contributed by atoms with van der Waals surface area (Å²) < 4.78 is 5.51. The molecule has 0 amide bonds. The van der Waals surface area contributed by atoms with Gasteiger partial charge in [0.1, 0.15) is 5.76 Å². The van der Waals surface area contributed by atoms with Gasteiger partial charge in [-0.1, -0.05) is 11.6 Å². The minimum absolute atomic E-state index is 0.130. The van der Waals surface area contributed by atoms with Crippen LogP contribution in [0.15, 0.2) is 35.2 Å². The molecular formula is C13H15ClN2O. The molecule has 0 aliphatic carbocycles. The smallest absolute Gasteiger partial charge is 0.123 e. The Hall–Kier alpha value is -1.32. The summed E-state index contributed by atoms with van der Waals surface area (Å²) in [5, 5.41) is 3.94. The Balaban J connectivity index is 2.22. The highest BCUT2D eigenvalue weighted by Gasteiger charge is 2.16. The van der Waals surface area contributed by atoms with Crippen molar-refractivity contribution in [3.63, 3.8) is 0 Å². The van der Waals surface area contributed by atoms with E-state index in [1.165, 1.54) is 0 Å². The molecule has 0 aromatic carbocycles. The molecule has 4 heteroatoms. The molecule has 1 unspecified atom stereocenters. The third-order valence-electron chi connectivity index (χ3n) is 2.85. The Bertz CT molecular complexity index is 496. The Kier molecular flexibility index (Phi) is 3.82. The molecule has 0 saturated heterocycles. The van der Waals surface area contributed by atoms with Gasteiger partial charge in [-0.15, -0.1) is 0 Å². The third kappa shape index (κ3) is 2.68. The molecule has 3 nitrogen and oxygen atoms in total. The quantitative estimate of drug-likeness (QED) is 0.906. The lowest BCUT2D eigenvalue weighted by atomic mass is 10.0. The van der Waals surface area contributed by atoms with E-state index in [9.17, 15) is 0 Å². The highest BCUT2D eigenvalue weighted by Crippen LogP contribution is 2.25. The molecule has 0 bridgehead atoms. The van der Waals surface area contributed by atoms with Crippen molar-refractivity contribution in [2.24, 2.45) is 0 Å². The molecule has 0 radical (unpaired) electrons. The first-order chi connectivity index (χ1) is 8.22. The molecule has 17 heavy (non-hydrogen) atoms. The van der Waals surface area contributed by atoms with E-state index in [4.69, 9.17) is 16.0 Å². The number of hydrogen-bond donors (Lipinski definition) is 1. The van der Waals surface area contributed by atoms with Crippen LogP contribution in [0.3, 0.4) is 0 Å². The van der Waals surface area contributed by atoms with Crippen LogP contribution in [0.1, 0.15) is 22.9 Å². The molecule has 90 valence electrons. The first-order valence-electron chi connectivity index (χ1n) is 5.52. The fourth-order valence-electron chi connectivity index (χ4n) is 1.86. The fraction of sp³-hybridized carbons (Fsp3) is 0.308. The maximum absolute atomic E-state index is 6.11. The topological polar surface area (TPSA) is 38.1 Å². The molecule has 0 fully saturated rings. The Morgan fingerprint density at radius 1 is 1.47 bits per heavy atom. The lowest BCUT2D eigenvalue weighted by Crippen LogP contribution is -2.19. The number of furan rings is 1. The predicted molar refractivity (Wildman–Crippen MR) is 68.2 cm³/mol. The molecule has 1 N–H and O–H groups in total. The van der Waals surface area contributed by atoms with Crippen LogP contribution in [0.5, 0.6) is 0 Å². The summed E-state index contributed by atoms with van der Waals surface area (Å²) in [4.78, 5) is 3.98. The number of likely N-dealkylation sites (N-methyl/N-ethyl adjacent to an activating group) is 1. The number of aromatic nitrogens is 1. The van der Waals surface area contributed by atoms with Crippen LogP contribution in [0, 0.1) is 6.92 Å². The number of nitrogens with one attached hydrogen (secondary N) is 1. The Morgan fingerprint density at radius 3 is 2.88 bits per heavy atom. The van der Waals surface area contributed by atoms with Crippen molar-refractivity contribution in [1.29, 1.82) is 0 Å². The van der Waals surface area contributed by atoms with Crippen LogP contribution in [0.25, 0.3) is 0 Å². The normalized spacial score (nSPS) is 12.6. The van der Waals surface area contributed by atoms with Gasteiger partial charge in [0, 0.05) is 12.4 Å². The van der Waals surface area contributed by atoms with Gasteiger partial charge in [0.05, 0.1) is 17.3 Å². The second-order valence-electron chi connectivity index (χ2n) is 3.98. The van der Waals surface area contributed by atoms with Crippen molar-refractivity contribution in [1.82, 2.24) is 10.3 Å². The van der Waals surface area contributed by atoms with Gasteiger partial charge in [-0.25, -0.2) is 0 Å². The average Bonchev–Trinajstić information content (AvgIpc) is 2.75. The largest absolute Gasteiger partial charge is 0.467 e. The van der Waals surface area contributed by atoms with E-state index in [-0.39, 0.29) is 6.04 Å². The number of hydrogen-bond acceptors (Lipinski definition) is 3. The second kappa shape index (κ2) is 5.34. The summed E-state index contributed by atoms with van der Waals surface area (Å²) in [5.74, 6) is 0.959. The van der Waals surface area contributed by atoms with Gasteiger partial charge in [0.25, 0.3) is 0 Å². The van der Waals surface area contributed by atoms with E-state index in [1.807, 2.05) is 26.1 Å². The van der Waals surface area contributed by atoms with Crippen LogP contribution >= 0.6 is 11.6 Å². The van der Waals surface area contributed by atoms with E-state index in [0.717, 1.165) is 23.3 Å². The summed E-state index contributed by atoms with van der Waals surface area (Å²) in [6.45, 7) is 2.04. The monoisotopic (exact) mass is 250 g/mol. The molecule has 0 aliphatic heterocycles. The van der Waals surface area contributed by atoms with E-state index < -0.39 is 0 Å². The van der Waals surface area contributed by atoms with Gasteiger partial charge >= 0.3 is 0 Å². The predicted octanol–water partition coefficient (Wildman–Crippen LogP) is 3.14. The number of halogens is 1. The van der Waals surface area contributed by atoms with Gasteiger partial charge in [0.2, 0.25) is 0 Å². The number of nitrogens with zero attached hydrogens (tertiary/aromatic N) is 1. The lowest BCUT2D eigenvalue weighted by molar-refractivity contribution is 0.426. The van der Waals surface area contributed by atoms with Crippen molar-refractivity contribution < 1.29 is 4.42 Å². The standard InChI is InChI=1S/C13H15ClN2O/c1-9-4-6-17-13(9)12(15-2)7-10-3-5-16-8-11(10)14/h3-6,8,12,15H,7H2,1-2H3. The van der Waals surface area contributed by atoms with Gasteiger partial charge in [-0.05, 0) is 43.7 Å². The Morgan fingerprint density at radius 2 is 2.29 bits per heavy atom. The SMILES string of the molecule is CNC(Cc1ccncc1Cl)c1occc1C. The van der Waals surface area contributed by atoms with Crippen LogP contribution in [-0.4, -0.2) is 12.0 Å². The zero-order valence-corrected chi connectivity index (χ0v) is 10.7. The number of rotatable bonds is 4. The molecule has 2 aromatic rings. The van der Waals surface area contributed by atoms with Crippen molar-refractivity contribution in [2.45, 2.75) is 19.4 Å². The summed E-state index contributed by atoms with van der Waals surface area (Å²) in [7, 11) is 1.92. The minimum Gasteiger partial charge on any atom is -0.467 e. The molecule has 2 aromatic heterocycles. The lowest BCUT2D eigenvalue weighted by Gasteiger charge is -2.15. The van der Waals surface area contributed by atoms with Crippen LogP contribution < -0.4 is 5.32 Å². The van der Waals surface area contributed by atoms with Crippen molar-refractivity contribution >= 4 is 11.6 Å². The third-order valence-corrected chi connectivity index (χ3v) is 3.19. The van der Waals surface area contributed by atoms with Crippen molar-refractivity contribution in [3.05, 3.63) is 52.7 Å². The second-order valence-corrected chi connectivity index (χ2v) is 4.39. The van der Waals surface area contributed by atoms with Crippen molar-refractivity contribution in [2.75, 3.05) is 7.05 Å². The van der Waals surface area contributed by atoms with Gasteiger partial charge in [-0.2, -0.15) is 0 Å². The summed E-state index contributed by atoms with van der Waals surface area (Å²) in [5.41, 5.74) is 2.21. The molecule has 1 atom stereocenters. The van der Waals surface area contributed by atoms with Gasteiger partial charge < -0.3 is 9.73 Å². The maximum Gasteiger partial charge on any atom is 0.123 e. The first kappa shape index (κ1) is 12.1. The van der Waals surface area contributed by atoms with Crippen molar-refractivity contribution in [3.8, 4) is 0 Å². The average molecular weight is 251 g/mol. The molecule has 0 aliphatic rings. The summed E-state index contributed by atoms with van der Waals surface area (Å²) in [6, 6.07) is 4.03.